The average molecular weight is 290 g/mol. The summed E-state index contributed by atoms with van der Waals surface area (Å²) in [7, 11) is 0. The molecule has 1 fully saturated rings. The molecule has 0 radical (unpaired) electrons. The lowest BCUT2D eigenvalue weighted by Crippen LogP contribution is -2.33. The first-order valence-corrected chi connectivity index (χ1v) is 7.91. The molecule has 1 aromatic carbocycles. The van der Waals surface area contributed by atoms with Crippen molar-refractivity contribution in [3.05, 3.63) is 29.8 Å². The first-order valence-electron chi connectivity index (χ1n) is 7.91. The Bertz CT molecular complexity index is 456. The molecule has 1 atom stereocenters. The van der Waals surface area contributed by atoms with E-state index in [1.54, 1.807) is 0 Å². The molecule has 4 nitrogen and oxygen atoms in total. The number of amides is 1. The predicted octanol–water partition coefficient (Wildman–Crippen LogP) is 2.68. The van der Waals surface area contributed by atoms with Gasteiger partial charge < -0.3 is 15.7 Å². The van der Waals surface area contributed by atoms with Crippen LogP contribution in [0.1, 0.15) is 44.6 Å². The van der Waals surface area contributed by atoms with Crippen LogP contribution in [0.25, 0.3) is 0 Å². The quantitative estimate of drug-likeness (QED) is 0.755. The van der Waals surface area contributed by atoms with E-state index in [-0.39, 0.29) is 12.0 Å². The van der Waals surface area contributed by atoms with Crippen LogP contribution in [0.5, 0.6) is 0 Å². The van der Waals surface area contributed by atoms with Gasteiger partial charge in [0.25, 0.3) is 0 Å². The molecular weight excluding hydrogens is 264 g/mol. The molecule has 0 aliphatic heterocycles. The minimum absolute atomic E-state index is 0.0651. The van der Waals surface area contributed by atoms with E-state index in [1.165, 1.54) is 26.2 Å². The molecule has 116 valence electrons. The number of aliphatic hydroxyl groups is 1. The van der Waals surface area contributed by atoms with Gasteiger partial charge in [-0.25, -0.2) is 0 Å². The number of anilines is 1. The van der Waals surface area contributed by atoms with Gasteiger partial charge in [0.1, 0.15) is 0 Å². The molecule has 1 aliphatic rings. The molecule has 1 amide bonds. The van der Waals surface area contributed by atoms with Crippen LogP contribution in [0, 0.1) is 5.92 Å². The number of benzene rings is 1. The minimum atomic E-state index is -0.266. The third-order valence-corrected chi connectivity index (χ3v) is 4.19. The van der Waals surface area contributed by atoms with E-state index in [9.17, 15) is 9.90 Å². The number of hydrogen-bond acceptors (Lipinski definition) is 3. The van der Waals surface area contributed by atoms with Crippen LogP contribution in [-0.4, -0.2) is 23.7 Å². The SMILES string of the molecule is CC(=O)Nc1ccccc1CNCC(O)C1CCCCC1. The van der Waals surface area contributed by atoms with E-state index in [0.29, 0.717) is 19.0 Å². The van der Waals surface area contributed by atoms with Gasteiger partial charge in [-0.2, -0.15) is 0 Å². The lowest BCUT2D eigenvalue weighted by atomic mass is 9.85. The molecule has 0 heterocycles. The highest BCUT2D eigenvalue weighted by molar-refractivity contribution is 5.89. The van der Waals surface area contributed by atoms with Crippen LogP contribution in [0.3, 0.4) is 0 Å². The van der Waals surface area contributed by atoms with Crippen molar-refractivity contribution in [2.75, 3.05) is 11.9 Å². The van der Waals surface area contributed by atoms with Crippen molar-refractivity contribution in [3.8, 4) is 0 Å². The molecule has 1 aliphatic carbocycles. The molecule has 1 aromatic rings. The maximum absolute atomic E-state index is 11.2. The molecule has 0 spiro atoms. The second-order valence-electron chi connectivity index (χ2n) is 5.93. The topological polar surface area (TPSA) is 61.4 Å². The highest BCUT2D eigenvalue weighted by atomic mass is 16.3. The number of carbonyl (C=O) groups is 1. The van der Waals surface area contributed by atoms with Gasteiger partial charge in [-0.15, -0.1) is 0 Å². The third kappa shape index (κ3) is 5.14. The highest BCUT2D eigenvalue weighted by Gasteiger charge is 2.21. The van der Waals surface area contributed by atoms with Gasteiger partial charge in [-0.3, -0.25) is 4.79 Å². The second-order valence-corrected chi connectivity index (χ2v) is 5.93. The summed E-state index contributed by atoms with van der Waals surface area (Å²) >= 11 is 0. The molecule has 2 rings (SSSR count). The molecule has 0 aromatic heterocycles. The summed E-state index contributed by atoms with van der Waals surface area (Å²) in [4.78, 5) is 11.2. The van der Waals surface area contributed by atoms with Crippen LogP contribution in [0.15, 0.2) is 24.3 Å². The lowest BCUT2D eigenvalue weighted by molar-refractivity contribution is -0.114. The Hall–Kier alpha value is -1.39. The molecular formula is C17H26N2O2. The summed E-state index contributed by atoms with van der Waals surface area (Å²) in [6.07, 6.45) is 5.82. The van der Waals surface area contributed by atoms with Crippen LogP contribution >= 0.6 is 0 Å². The van der Waals surface area contributed by atoms with E-state index in [2.05, 4.69) is 10.6 Å². The molecule has 4 heteroatoms. The van der Waals surface area contributed by atoms with Crippen molar-refractivity contribution in [3.63, 3.8) is 0 Å². The van der Waals surface area contributed by atoms with Gasteiger partial charge >= 0.3 is 0 Å². The van der Waals surface area contributed by atoms with E-state index in [1.807, 2.05) is 24.3 Å². The number of nitrogens with one attached hydrogen (secondary N) is 2. The van der Waals surface area contributed by atoms with Gasteiger partial charge in [0, 0.05) is 25.7 Å². The van der Waals surface area contributed by atoms with Crippen LogP contribution in [-0.2, 0) is 11.3 Å². The first-order chi connectivity index (χ1) is 10.2. The zero-order chi connectivity index (χ0) is 15.1. The Morgan fingerprint density at radius 2 is 2.00 bits per heavy atom. The Morgan fingerprint density at radius 1 is 1.29 bits per heavy atom. The normalized spacial score (nSPS) is 17.4. The van der Waals surface area contributed by atoms with E-state index >= 15 is 0 Å². The zero-order valence-corrected chi connectivity index (χ0v) is 12.8. The summed E-state index contributed by atoms with van der Waals surface area (Å²) in [5.41, 5.74) is 1.88. The molecule has 0 saturated heterocycles. The Morgan fingerprint density at radius 3 is 2.71 bits per heavy atom. The van der Waals surface area contributed by atoms with Crippen molar-refractivity contribution in [2.45, 2.75) is 51.7 Å². The predicted molar refractivity (Wildman–Crippen MR) is 85.0 cm³/mol. The smallest absolute Gasteiger partial charge is 0.221 e. The molecule has 1 saturated carbocycles. The highest BCUT2D eigenvalue weighted by Crippen LogP contribution is 2.26. The fourth-order valence-corrected chi connectivity index (χ4v) is 3.03. The van der Waals surface area contributed by atoms with Crippen molar-refractivity contribution < 1.29 is 9.90 Å². The molecule has 3 N–H and O–H groups in total. The fraction of sp³-hybridized carbons (Fsp3) is 0.588. The number of para-hydroxylation sites is 1. The lowest BCUT2D eigenvalue weighted by Gasteiger charge is -2.26. The van der Waals surface area contributed by atoms with Gasteiger partial charge in [0.05, 0.1) is 6.10 Å². The number of rotatable bonds is 6. The zero-order valence-electron chi connectivity index (χ0n) is 12.8. The van der Waals surface area contributed by atoms with Gasteiger partial charge in [-0.05, 0) is 30.4 Å². The van der Waals surface area contributed by atoms with Crippen molar-refractivity contribution >= 4 is 11.6 Å². The number of hydrogen-bond donors (Lipinski definition) is 3. The van der Waals surface area contributed by atoms with E-state index in [4.69, 9.17) is 0 Å². The van der Waals surface area contributed by atoms with Gasteiger partial charge in [-0.1, -0.05) is 37.5 Å². The Balaban J connectivity index is 1.81. The summed E-state index contributed by atoms with van der Waals surface area (Å²) in [5.74, 6) is 0.376. The maximum atomic E-state index is 11.2. The first kappa shape index (κ1) is 16.0. The van der Waals surface area contributed by atoms with Crippen molar-refractivity contribution in [1.29, 1.82) is 0 Å². The van der Waals surface area contributed by atoms with E-state index in [0.717, 1.165) is 24.1 Å². The Labute approximate surface area is 126 Å². The molecule has 0 bridgehead atoms. The van der Waals surface area contributed by atoms with Gasteiger partial charge in [0.15, 0.2) is 0 Å². The van der Waals surface area contributed by atoms with Crippen LogP contribution < -0.4 is 10.6 Å². The number of aliphatic hydroxyl groups excluding tert-OH is 1. The summed E-state index contributed by atoms with van der Waals surface area (Å²) in [6, 6.07) is 7.76. The van der Waals surface area contributed by atoms with Crippen LogP contribution in [0.2, 0.25) is 0 Å². The second kappa shape index (κ2) is 8.15. The summed E-state index contributed by atoms with van der Waals surface area (Å²) in [5, 5.41) is 16.4. The Kier molecular flexibility index (Phi) is 6.21. The van der Waals surface area contributed by atoms with Crippen molar-refractivity contribution in [1.82, 2.24) is 5.32 Å². The van der Waals surface area contributed by atoms with Gasteiger partial charge in [0.2, 0.25) is 5.91 Å². The molecule has 1 unspecified atom stereocenters. The van der Waals surface area contributed by atoms with E-state index < -0.39 is 0 Å². The van der Waals surface area contributed by atoms with Crippen molar-refractivity contribution in [2.24, 2.45) is 5.92 Å². The fourth-order valence-electron chi connectivity index (χ4n) is 3.03. The summed E-state index contributed by atoms with van der Waals surface area (Å²) < 4.78 is 0. The standard InChI is InChI=1S/C17H26N2O2/c1-13(20)19-16-10-6-5-9-15(16)11-18-12-17(21)14-7-3-2-4-8-14/h5-6,9-10,14,17-18,21H,2-4,7-8,11-12H2,1H3,(H,19,20). The third-order valence-electron chi connectivity index (χ3n) is 4.19. The maximum Gasteiger partial charge on any atom is 0.221 e. The van der Waals surface area contributed by atoms with Crippen LogP contribution in [0.4, 0.5) is 5.69 Å². The largest absolute Gasteiger partial charge is 0.392 e. The number of carbonyl (C=O) groups excluding carboxylic acids is 1. The molecule has 21 heavy (non-hydrogen) atoms. The monoisotopic (exact) mass is 290 g/mol. The minimum Gasteiger partial charge on any atom is -0.392 e. The summed E-state index contributed by atoms with van der Waals surface area (Å²) in [6.45, 7) is 2.77. The average Bonchev–Trinajstić information content (AvgIpc) is 2.49.